The second kappa shape index (κ2) is 11.2. The third-order valence-electron chi connectivity index (χ3n) is 8.34. The molecule has 1 N–H and O–H groups in total. The predicted octanol–water partition coefficient (Wildman–Crippen LogP) is 6.29. The number of nitrogens with one attached hydrogen (secondary N) is 1. The zero-order chi connectivity index (χ0) is 30.6. The van der Waals surface area contributed by atoms with Gasteiger partial charge in [0.2, 0.25) is 0 Å². The average Bonchev–Trinajstić information content (AvgIpc) is 3.62. The number of ether oxygens (including phenoxy) is 2. The number of carbonyl (C=O) groups is 2. The molecular formula is C32H39BrN6O4. The van der Waals surface area contributed by atoms with Crippen molar-refractivity contribution in [1.29, 1.82) is 0 Å². The number of hydrogen-bond acceptors (Lipinski definition) is 6. The molecule has 1 saturated heterocycles. The Kier molecular flexibility index (Phi) is 7.64. The fraction of sp³-hybridized carbons (Fsp3) is 0.500. The number of nitrogens with zero attached hydrogens (tertiary/aromatic N) is 5. The van der Waals surface area contributed by atoms with E-state index >= 15 is 0 Å². The predicted molar refractivity (Wildman–Crippen MR) is 169 cm³/mol. The number of imidazole rings is 1. The summed E-state index contributed by atoms with van der Waals surface area (Å²) in [5.74, 6) is 1.90. The summed E-state index contributed by atoms with van der Waals surface area (Å²) in [5.41, 5.74) is 3.34. The first-order valence-electron chi connectivity index (χ1n) is 14.9. The Morgan fingerprint density at radius 3 is 2.56 bits per heavy atom. The highest BCUT2D eigenvalue weighted by Gasteiger charge is 2.33. The molecule has 43 heavy (non-hydrogen) atoms. The summed E-state index contributed by atoms with van der Waals surface area (Å²) in [6.45, 7) is 8.83. The van der Waals surface area contributed by atoms with E-state index in [9.17, 15) is 9.59 Å². The van der Waals surface area contributed by atoms with Gasteiger partial charge in [0, 0.05) is 43.2 Å². The Bertz CT molecular complexity index is 1720. The summed E-state index contributed by atoms with van der Waals surface area (Å²) in [5, 5.41) is 4.00. The maximum Gasteiger partial charge on any atom is 0.407 e. The number of amides is 2. The lowest BCUT2D eigenvalue weighted by Crippen LogP contribution is -2.53. The number of rotatable bonds is 6. The number of benzene rings is 1. The molecule has 0 radical (unpaired) electrons. The van der Waals surface area contributed by atoms with E-state index in [2.05, 4.69) is 37.9 Å². The summed E-state index contributed by atoms with van der Waals surface area (Å²) in [4.78, 5) is 38.1. The topological polar surface area (TPSA) is 104 Å². The lowest BCUT2D eigenvalue weighted by Gasteiger charge is -2.38. The van der Waals surface area contributed by atoms with Gasteiger partial charge in [0.25, 0.3) is 5.91 Å². The van der Waals surface area contributed by atoms with Gasteiger partial charge in [0.05, 0.1) is 18.3 Å². The molecule has 1 aliphatic heterocycles. The smallest absolute Gasteiger partial charge is 0.407 e. The third-order valence-corrected chi connectivity index (χ3v) is 8.78. The molecule has 2 unspecified atom stereocenters. The Hall–Kier alpha value is -3.60. The Balaban J connectivity index is 1.34. The van der Waals surface area contributed by atoms with Crippen molar-refractivity contribution in [2.24, 2.45) is 13.0 Å². The highest BCUT2D eigenvalue weighted by molar-refractivity contribution is 9.10. The van der Waals surface area contributed by atoms with Gasteiger partial charge in [-0.25, -0.2) is 14.8 Å². The Morgan fingerprint density at radius 1 is 1.09 bits per heavy atom. The zero-order valence-electron chi connectivity index (χ0n) is 25.6. The van der Waals surface area contributed by atoms with Crippen LogP contribution < -0.4 is 10.1 Å². The number of piperidine rings is 1. The molecule has 2 fully saturated rings. The van der Waals surface area contributed by atoms with Gasteiger partial charge in [-0.1, -0.05) is 0 Å². The lowest BCUT2D eigenvalue weighted by atomic mass is 9.98. The van der Waals surface area contributed by atoms with Crippen molar-refractivity contribution in [3.05, 3.63) is 40.5 Å². The lowest BCUT2D eigenvalue weighted by molar-refractivity contribution is 0.0412. The van der Waals surface area contributed by atoms with Crippen LogP contribution in [-0.2, 0) is 18.3 Å². The van der Waals surface area contributed by atoms with Crippen LogP contribution >= 0.6 is 15.9 Å². The number of fused-ring (bicyclic) bond motifs is 2. The van der Waals surface area contributed by atoms with E-state index in [1.54, 1.807) is 13.2 Å². The summed E-state index contributed by atoms with van der Waals surface area (Å²) in [6.07, 6.45) is 3.52. The summed E-state index contributed by atoms with van der Waals surface area (Å²) in [7, 11) is 3.60. The monoisotopic (exact) mass is 650 g/mol. The van der Waals surface area contributed by atoms with Crippen molar-refractivity contribution in [3.8, 4) is 17.3 Å². The normalized spacial score (nSPS) is 19.2. The minimum atomic E-state index is -0.589. The number of hydrogen-bond donors (Lipinski definition) is 1. The largest absolute Gasteiger partial charge is 0.494 e. The van der Waals surface area contributed by atoms with Crippen LogP contribution in [0, 0.1) is 5.92 Å². The Morgan fingerprint density at radius 2 is 1.86 bits per heavy atom. The molecule has 1 aliphatic carbocycles. The van der Waals surface area contributed by atoms with E-state index in [4.69, 9.17) is 19.4 Å². The van der Waals surface area contributed by atoms with Gasteiger partial charge < -0.3 is 28.8 Å². The standard InChI is InChI=1S/C32H39BrN6O4/c1-18-7-11-22(34-31(41)43-32(2,3)4)17-38(18)30(40)21-13-23-27(25(15-21)42-6)37(5)29(35-23)24-14-20-10-12-26(33)36-28(20)39(24)16-19-8-9-19/h10,12-15,18-19,22H,7-9,11,16-17H2,1-6H3,(H,34,41). The number of pyridine rings is 1. The molecule has 3 aromatic heterocycles. The Labute approximate surface area is 259 Å². The molecule has 2 aliphatic rings. The molecule has 4 heterocycles. The third kappa shape index (κ3) is 5.96. The van der Waals surface area contributed by atoms with Crippen LogP contribution in [0.2, 0.25) is 0 Å². The second-order valence-electron chi connectivity index (χ2n) is 12.9. The maximum absolute atomic E-state index is 14.0. The van der Waals surface area contributed by atoms with Gasteiger partial charge in [-0.05, 0) is 106 Å². The minimum Gasteiger partial charge on any atom is -0.494 e. The van der Waals surface area contributed by atoms with Crippen molar-refractivity contribution in [1.82, 2.24) is 29.3 Å². The van der Waals surface area contributed by atoms with Gasteiger partial charge in [0.15, 0.2) is 5.82 Å². The molecule has 10 nitrogen and oxygen atoms in total. The van der Waals surface area contributed by atoms with Gasteiger partial charge >= 0.3 is 6.09 Å². The van der Waals surface area contributed by atoms with E-state index in [1.165, 1.54) is 12.8 Å². The first-order chi connectivity index (χ1) is 20.4. The van der Waals surface area contributed by atoms with Crippen LogP contribution in [0.25, 0.3) is 33.6 Å². The molecule has 228 valence electrons. The van der Waals surface area contributed by atoms with E-state index < -0.39 is 11.7 Å². The number of alkyl carbamates (subject to hydrolysis) is 1. The van der Waals surface area contributed by atoms with Crippen molar-refractivity contribution in [3.63, 3.8) is 0 Å². The van der Waals surface area contributed by atoms with Crippen LogP contribution in [0.4, 0.5) is 4.79 Å². The SMILES string of the molecule is COc1cc(C(=O)N2CC(NC(=O)OC(C)(C)C)CCC2C)cc2nc(-c3cc4ccc(Br)nc4n3CC3CC3)n(C)c12. The minimum absolute atomic E-state index is 0.0233. The first-order valence-corrected chi connectivity index (χ1v) is 15.7. The fourth-order valence-corrected chi connectivity index (χ4v) is 6.30. The van der Waals surface area contributed by atoms with E-state index in [1.807, 2.05) is 56.3 Å². The number of aromatic nitrogens is 4. The van der Waals surface area contributed by atoms with Gasteiger partial charge in [-0.2, -0.15) is 0 Å². The fourth-order valence-electron chi connectivity index (χ4n) is 6.00. The van der Waals surface area contributed by atoms with Gasteiger partial charge in [-0.3, -0.25) is 4.79 Å². The first kappa shape index (κ1) is 29.5. The van der Waals surface area contributed by atoms with Gasteiger partial charge in [0.1, 0.15) is 27.1 Å². The van der Waals surface area contributed by atoms with Crippen LogP contribution in [-0.4, -0.2) is 67.3 Å². The van der Waals surface area contributed by atoms with Crippen molar-refractivity contribution in [2.45, 2.75) is 77.6 Å². The summed E-state index contributed by atoms with van der Waals surface area (Å²) in [6, 6.07) is 9.66. The number of carbonyl (C=O) groups excluding carboxylic acids is 2. The van der Waals surface area contributed by atoms with Crippen LogP contribution in [0.5, 0.6) is 5.75 Å². The zero-order valence-corrected chi connectivity index (χ0v) is 27.2. The van der Waals surface area contributed by atoms with Gasteiger partial charge in [-0.15, -0.1) is 0 Å². The van der Waals surface area contributed by atoms with E-state index in [0.29, 0.717) is 29.3 Å². The molecule has 4 aromatic rings. The highest BCUT2D eigenvalue weighted by atomic mass is 79.9. The average molecular weight is 652 g/mol. The van der Waals surface area contributed by atoms with Crippen LogP contribution in [0.1, 0.15) is 63.7 Å². The number of aryl methyl sites for hydroxylation is 1. The molecular weight excluding hydrogens is 612 g/mol. The molecule has 2 amide bonds. The van der Waals surface area contributed by atoms with Crippen LogP contribution in [0.15, 0.2) is 34.9 Å². The maximum atomic E-state index is 14.0. The number of likely N-dealkylation sites (tertiary alicyclic amines) is 1. The molecule has 0 bridgehead atoms. The van der Waals surface area contributed by atoms with E-state index in [0.717, 1.165) is 52.1 Å². The molecule has 1 saturated carbocycles. The second-order valence-corrected chi connectivity index (χ2v) is 13.7. The molecule has 0 spiro atoms. The van der Waals surface area contributed by atoms with Crippen molar-refractivity contribution >= 4 is 50.0 Å². The quantitative estimate of drug-likeness (QED) is 0.246. The van der Waals surface area contributed by atoms with Crippen molar-refractivity contribution < 1.29 is 19.1 Å². The number of halogens is 1. The number of methoxy groups -OCH3 is 1. The summed E-state index contributed by atoms with van der Waals surface area (Å²) >= 11 is 3.54. The van der Waals surface area contributed by atoms with E-state index in [-0.39, 0.29) is 18.0 Å². The molecule has 11 heteroatoms. The highest BCUT2D eigenvalue weighted by Crippen LogP contribution is 2.38. The summed E-state index contributed by atoms with van der Waals surface area (Å²) < 4.78 is 16.4. The van der Waals surface area contributed by atoms with Crippen molar-refractivity contribution in [2.75, 3.05) is 13.7 Å². The van der Waals surface area contributed by atoms with Crippen LogP contribution in [0.3, 0.4) is 0 Å². The molecule has 2 atom stereocenters. The molecule has 6 rings (SSSR count). The molecule has 1 aromatic carbocycles.